The minimum absolute atomic E-state index is 0.0468. The first-order valence-corrected chi connectivity index (χ1v) is 11.8. The van der Waals surface area contributed by atoms with E-state index in [2.05, 4.69) is 5.32 Å². The molecule has 1 atom stereocenters. The lowest BCUT2D eigenvalue weighted by atomic mass is 9.98. The van der Waals surface area contributed by atoms with E-state index in [-0.39, 0.29) is 28.7 Å². The number of piperidine rings is 1. The Morgan fingerprint density at radius 2 is 1.97 bits per heavy atom. The van der Waals surface area contributed by atoms with Gasteiger partial charge in [-0.2, -0.15) is 17.5 Å². The number of halogens is 4. The molecule has 0 spiro atoms. The highest BCUT2D eigenvalue weighted by Crippen LogP contribution is 2.35. The summed E-state index contributed by atoms with van der Waals surface area (Å²) in [6, 6.07) is 8.78. The van der Waals surface area contributed by atoms with Crippen LogP contribution in [0.25, 0.3) is 0 Å². The van der Waals surface area contributed by atoms with Crippen LogP contribution in [0.3, 0.4) is 0 Å². The van der Waals surface area contributed by atoms with Gasteiger partial charge >= 0.3 is 6.18 Å². The SMILES string of the molecule is CCOc1ccc(S(=O)(=O)N2CCC[C@H](C(=O)Nc3ccccc3C(F)(F)F)C2)cc1Cl. The Morgan fingerprint density at radius 3 is 2.62 bits per heavy atom. The molecule has 3 rings (SSSR count). The summed E-state index contributed by atoms with van der Waals surface area (Å²) in [5.74, 6) is -1.10. The van der Waals surface area contributed by atoms with Gasteiger partial charge in [-0.15, -0.1) is 0 Å². The Balaban J connectivity index is 1.77. The maximum Gasteiger partial charge on any atom is 0.418 e. The van der Waals surface area contributed by atoms with Gasteiger partial charge in [0.05, 0.1) is 33.7 Å². The molecule has 0 saturated carbocycles. The molecule has 0 bridgehead atoms. The Bertz CT molecular complexity index is 1090. The molecule has 0 aliphatic carbocycles. The van der Waals surface area contributed by atoms with Gasteiger partial charge in [-0.25, -0.2) is 8.42 Å². The molecule has 1 amide bonds. The van der Waals surface area contributed by atoms with Gasteiger partial charge in [0.1, 0.15) is 5.75 Å². The molecule has 1 fully saturated rings. The summed E-state index contributed by atoms with van der Waals surface area (Å²) >= 11 is 6.11. The Hall–Kier alpha value is -2.30. The Labute approximate surface area is 189 Å². The van der Waals surface area contributed by atoms with Crippen LogP contribution in [-0.2, 0) is 21.0 Å². The van der Waals surface area contributed by atoms with Crippen LogP contribution in [0, 0.1) is 5.92 Å². The molecule has 1 heterocycles. The van der Waals surface area contributed by atoms with Gasteiger partial charge in [0.15, 0.2) is 0 Å². The summed E-state index contributed by atoms with van der Waals surface area (Å²) in [7, 11) is -3.95. The maximum atomic E-state index is 13.2. The van der Waals surface area contributed by atoms with Crippen LogP contribution < -0.4 is 10.1 Å². The van der Waals surface area contributed by atoms with Crippen molar-refractivity contribution in [1.29, 1.82) is 0 Å². The third-order valence-corrected chi connectivity index (χ3v) is 7.24. The van der Waals surface area contributed by atoms with Crippen molar-refractivity contribution in [2.24, 2.45) is 5.92 Å². The molecule has 2 aromatic carbocycles. The number of carbonyl (C=O) groups excluding carboxylic acids is 1. The molecule has 1 saturated heterocycles. The van der Waals surface area contributed by atoms with E-state index >= 15 is 0 Å². The third-order valence-electron chi connectivity index (χ3n) is 5.09. The molecule has 1 N–H and O–H groups in total. The predicted octanol–water partition coefficient (Wildman–Crippen LogP) is 4.80. The van der Waals surface area contributed by atoms with E-state index in [9.17, 15) is 26.4 Å². The maximum absolute atomic E-state index is 13.2. The molecule has 0 aromatic heterocycles. The first-order valence-electron chi connectivity index (χ1n) is 9.93. The van der Waals surface area contributed by atoms with Crippen LogP contribution in [0.15, 0.2) is 47.4 Å². The van der Waals surface area contributed by atoms with Gasteiger partial charge in [-0.1, -0.05) is 23.7 Å². The second-order valence-electron chi connectivity index (χ2n) is 7.26. The molecule has 1 aliphatic rings. The van der Waals surface area contributed by atoms with Gasteiger partial charge < -0.3 is 10.1 Å². The zero-order valence-electron chi connectivity index (χ0n) is 17.2. The molecule has 6 nitrogen and oxygen atoms in total. The van der Waals surface area contributed by atoms with Crippen LogP contribution in [0.1, 0.15) is 25.3 Å². The number of benzene rings is 2. The number of ether oxygens (including phenoxy) is 1. The molecule has 174 valence electrons. The number of amides is 1. The standard InChI is InChI=1S/C21H22ClF3N2O4S/c1-2-31-19-10-9-15(12-17(19)22)32(29,30)27-11-5-6-14(13-27)20(28)26-18-8-4-3-7-16(18)21(23,24)25/h3-4,7-10,12,14H,2,5-6,11,13H2,1H3,(H,26,28)/t14-/m0/s1. The number of alkyl halides is 3. The van der Waals surface area contributed by atoms with Crippen LogP contribution in [-0.4, -0.2) is 38.3 Å². The van der Waals surface area contributed by atoms with Crippen molar-refractivity contribution in [1.82, 2.24) is 4.31 Å². The molecule has 0 unspecified atom stereocenters. The zero-order valence-corrected chi connectivity index (χ0v) is 18.7. The fourth-order valence-electron chi connectivity index (χ4n) is 3.51. The molecule has 1 aliphatic heterocycles. The molecular formula is C21H22ClF3N2O4S. The van der Waals surface area contributed by atoms with Gasteiger partial charge in [0.25, 0.3) is 0 Å². The predicted molar refractivity (Wildman–Crippen MR) is 114 cm³/mol. The van der Waals surface area contributed by atoms with E-state index in [1.807, 2.05) is 0 Å². The fraction of sp³-hybridized carbons (Fsp3) is 0.381. The Kier molecular flexibility index (Phi) is 7.36. The second kappa shape index (κ2) is 9.68. The number of carbonyl (C=O) groups is 1. The van der Waals surface area contributed by atoms with E-state index in [4.69, 9.17) is 16.3 Å². The zero-order chi connectivity index (χ0) is 23.5. The van der Waals surface area contributed by atoms with E-state index in [0.717, 1.165) is 10.4 Å². The molecule has 2 aromatic rings. The van der Waals surface area contributed by atoms with Crippen molar-refractivity contribution in [3.63, 3.8) is 0 Å². The van der Waals surface area contributed by atoms with Crippen LogP contribution in [0.4, 0.5) is 18.9 Å². The first-order chi connectivity index (χ1) is 15.0. The van der Waals surface area contributed by atoms with Crippen molar-refractivity contribution in [2.45, 2.75) is 30.8 Å². The van der Waals surface area contributed by atoms with Crippen LogP contribution >= 0.6 is 11.6 Å². The molecule has 32 heavy (non-hydrogen) atoms. The van der Waals surface area contributed by atoms with E-state index < -0.39 is 33.6 Å². The first kappa shape index (κ1) is 24.3. The minimum atomic E-state index is -4.63. The highest BCUT2D eigenvalue weighted by Gasteiger charge is 2.36. The topological polar surface area (TPSA) is 75.7 Å². The van der Waals surface area contributed by atoms with Crippen molar-refractivity contribution >= 4 is 33.2 Å². The molecule has 11 heteroatoms. The van der Waals surface area contributed by atoms with E-state index in [1.165, 1.54) is 36.4 Å². The largest absolute Gasteiger partial charge is 0.492 e. The number of nitrogens with zero attached hydrogens (tertiary/aromatic N) is 1. The van der Waals surface area contributed by atoms with Gasteiger partial charge in [0.2, 0.25) is 15.9 Å². The summed E-state index contributed by atoms with van der Waals surface area (Å²) < 4.78 is 72.2. The lowest BCUT2D eigenvalue weighted by molar-refractivity contribution is -0.137. The molecular weight excluding hydrogens is 469 g/mol. The number of para-hydroxylation sites is 1. The third kappa shape index (κ3) is 5.36. The number of rotatable bonds is 6. The molecule has 0 radical (unpaired) electrons. The lowest BCUT2D eigenvalue weighted by Crippen LogP contribution is -2.43. The second-order valence-corrected chi connectivity index (χ2v) is 9.61. The van der Waals surface area contributed by atoms with Crippen molar-refractivity contribution in [2.75, 3.05) is 25.0 Å². The lowest BCUT2D eigenvalue weighted by Gasteiger charge is -2.31. The summed E-state index contributed by atoms with van der Waals surface area (Å²) in [5, 5.41) is 2.45. The summed E-state index contributed by atoms with van der Waals surface area (Å²) in [6.45, 7) is 2.18. The average molecular weight is 491 g/mol. The van der Waals surface area contributed by atoms with Crippen molar-refractivity contribution in [3.05, 3.63) is 53.1 Å². The number of sulfonamides is 1. The highest BCUT2D eigenvalue weighted by molar-refractivity contribution is 7.89. The average Bonchev–Trinajstić information content (AvgIpc) is 2.75. The fourth-order valence-corrected chi connectivity index (χ4v) is 5.36. The summed E-state index contributed by atoms with van der Waals surface area (Å²) in [5.41, 5.74) is -1.32. The monoisotopic (exact) mass is 490 g/mol. The summed E-state index contributed by atoms with van der Waals surface area (Å²) in [6.07, 6.45) is -3.88. The van der Waals surface area contributed by atoms with Crippen molar-refractivity contribution in [3.8, 4) is 5.75 Å². The van der Waals surface area contributed by atoms with E-state index in [0.29, 0.717) is 25.2 Å². The minimum Gasteiger partial charge on any atom is -0.492 e. The van der Waals surface area contributed by atoms with Crippen LogP contribution in [0.2, 0.25) is 5.02 Å². The quantitative estimate of drug-likeness (QED) is 0.631. The van der Waals surface area contributed by atoms with E-state index in [1.54, 1.807) is 6.92 Å². The van der Waals surface area contributed by atoms with Crippen molar-refractivity contribution < 1.29 is 31.1 Å². The number of nitrogens with one attached hydrogen (secondary N) is 1. The smallest absolute Gasteiger partial charge is 0.418 e. The Morgan fingerprint density at radius 1 is 1.25 bits per heavy atom. The van der Waals surface area contributed by atoms with Gasteiger partial charge in [-0.3, -0.25) is 4.79 Å². The van der Waals surface area contributed by atoms with Gasteiger partial charge in [0, 0.05) is 13.1 Å². The normalized spacial score (nSPS) is 17.7. The van der Waals surface area contributed by atoms with Gasteiger partial charge in [-0.05, 0) is 50.1 Å². The number of hydrogen-bond donors (Lipinski definition) is 1. The summed E-state index contributed by atoms with van der Waals surface area (Å²) in [4.78, 5) is 12.6. The number of anilines is 1. The van der Waals surface area contributed by atoms with Crippen LogP contribution in [0.5, 0.6) is 5.75 Å². The number of hydrogen-bond acceptors (Lipinski definition) is 4. The highest BCUT2D eigenvalue weighted by atomic mass is 35.5.